The summed E-state index contributed by atoms with van der Waals surface area (Å²) in [5, 5.41) is 6.39. The molecule has 0 atom stereocenters. The molecule has 0 aliphatic heterocycles. The number of benzene rings is 1. The molecule has 0 fully saturated rings. The van der Waals surface area contributed by atoms with Gasteiger partial charge in [-0.25, -0.2) is 18.1 Å². The Hall–Kier alpha value is -1.29. The first kappa shape index (κ1) is 16.1. The third-order valence-electron chi connectivity index (χ3n) is 3.00. The molecule has 114 valence electrons. The molecule has 0 aliphatic carbocycles. The highest BCUT2D eigenvalue weighted by Crippen LogP contribution is 2.25. The van der Waals surface area contributed by atoms with Crippen molar-refractivity contribution in [1.29, 1.82) is 0 Å². The molecular weight excluding hydrogens is 358 g/mol. The lowest BCUT2D eigenvalue weighted by Crippen LogP contribution is -2.27. The van der Waals surface area contributed by atoms with E-state index in [1.807, 2.05) is 6.07 Å². The summed E-state index contributed by atoms with van der Waals surface area (Å²) in [7, 11) is -3.60. The van der Waals surface area contributed by atoms with Crippen LogP contribution in [0.1, 0.15) is 17.0 Å². The molecule has 0 aliphatic rings. The second kappa shape index (κ2) is 6.65. The molecule has 4 N–H and O–H groups in total. The van der Waals surface area contributed by atoms with Gasteiger partial charge in [0.25, 0.3) is 0 Å². The summed E-state index contributed by atoms with van der Waals surface area (Å²) in [5.74, 6) is 0.631. The maximum Gasteiger partial charge on any atom is 0.240 e. The van der Waals surface area contributed by atoms with Gasteiger partial charge in [-0.3, -0.25) is 5.10 Å². The molecule has 0 amide bonds. The van der Waals surface area contributed by atoms with Gasteiger partial charge in [0.15, 0.2) is 0 Å². The van der Waals surface area contributed by atoms with Gasteiger partial charge in [-0.05, 0) is 30.2 Å². The first-order chi connectivity index (χ1) is 9.94. The summed E-state index contributed by atoms with van der Waals surface area (Å²) in [6, 6.07) is 3.42. The molecule has 0 bridgehead atoms. The normalized spacial score (nSPS) is 11.8. The highest BCUT2D eigenvalue weighted by Gasteiger charge is 2.19. The molecule has 0 unspecified atom stereocenters. The highest BCUT2D eigenvalue weighted by molar-refractivity contribution is 9.10. The molecule has 1 heterocycles. The van der Waals surface area contributed by atoms with Gasteiger partial charge in [0.05, 0.1) is 4.90 Å². The van der Waals surface area contributed by atoms with Crippen LogP contribution in [0, 0.1) is 6.92 Å². The molecule has 7 nitrogen and oxygen atoms in total. The number of nitrogens with two attached hydrogens (primary N) is 1. The van der Waals surface area contributed by atoms with E-state index in [1.165, 1.54) is 6.33 Å². The van der Waals surface area contributed by atoms with Gasteiger partial charge in [-0.1, -0.05) is 15.9 Å². The summed E-state index contributed by atoms with van der Waals surface area (Å²) in [6.45, 7) is 2.26. The predicted molar refractivity (Wildman–Crippen MR) is 82.0 cm³/mol. The zero-order valence-electron chi connectivity index (χ0n) is 11.4. The summed E-state index contributed by atoms with van der Waals surface area (Å²) in [6.07, 6.45) is 1.83. The number of hydrogen-bond donors (Lipinski definition) is 3. The maximum atomic E-state index is 12.4. The Bertz CT molecular complexity index is 715. The minimum absolute atomic E-state index is 0.231. The van der Waals surface area contributed by atoms with E-state index in [4.69, 9.17) is 5.73 Å². The zero-order valence-corrected chi connectivity index (χ0v) is 13.8. The number of aromatic nitrogens is 3. The fraction of sp³-hybridized carbons (Fsp3) is 0.333. The van der Waals surface area contributed by atoms with Crippen LogP contribution in [-0.2, 0) is 23.0 Å². The number of halogens is 1. The van der Waals surface area contributed by atoms with E-state index >= 15 is 0 Å². The van der Waals surface area contributed by atoms with Crippen molar-refractivity contribution < 1.29 is 8.42 Å². The van der Waals surface area contributed by atoms with Crippen LogP contribution in [-0.4, -0.2) is 30.1 Å². The van der Waals surface area contributed by atoms with Crippen molar-refractivity contribution >= 4 is 26.0 Å². The minimum atomic E-state index is -3.60. The van der Waals surface area contributed by atoms with Crippen molar-refractivity contribution in [3.8, 4) is 0 Å². The van der Waals surface area contributed by atoms with Crippen LogP contribution in [0.2, 0.25) is 0 Å². The fourth-order valence-corrected chi connectivity index (χ4v) is 3.82. The van der Waals surface area contributed by atoms with Crippen molar-refractivity contribution in [2.24, 2.45) is 5.73 Å². The number of H-pyrrole nitrogens is 1. The standard InChI is InChI=1S/C12H16BrN5O2S/c1-8-10(13)4-9(6-14)5-11(8)21(19,20)17-3-2-12-15-7-16-18-12/h4-5,7,17H,2-3,6,14H2,1H3,(H,15,16,18). The van der Waals surface area contributed by atoms with Gasteiger partial charge < -0.3 is 5.73 Å². The van der Waals surface area contributed by atoms with E-state index in [2.05, 4.69) is 35.8 Å². The Morgan fingerprint density at radius 3 is 2.81 bits per heavy atom. The van der Waals surface area contributed by atoms with Crippen molar-refractivity contribution in [2.75, 3.05) is 6.54 Å². The van der Waals surface area contributed by atoms with Crippen LogP contribution in [0.5, 0.6) is 0 Å². The number of hydrogen-bond acceptors (Lipinski definition) is 5. The average Bonchev–Trinajstić information content (AvgIpc) is 2.94. The molecule has 0 spiro atoms. The van der Waals surface area contributed by atoms with Crippen LogP contribution in [0.25, 0.3) is 0 Å². The first-order valence-electron chi connectivity index (χ1n) is 6.27. The van der Waals surface area contributed by atoms with Gasteiger partial charge in [0.2, 0.25) is 10.0 Å². The van der Waals surface area contributed by atoms with Crippen LogP contribution < -0.4 is 10.5 Å². The van der Waals surface area contributed by atoms with E-state index in [-0.39, 0.29) is 18.0 Å². The molecule has 0 saturated carbocycles. The Morgan fingerprint density at radius 1 is 1.43 bits per heavy atom. The Balaban J connectivity index is 2.17. The molecule has 2 rings (SSSR count). The summed E-state index contributed by atoms with van der Waals surface area (Å²) < 4.78 is 28.0. The van der Waals surface area contributed by atoms with E-state index in [0.717, 1.165) is 10.0 Å². The van der Waals surface area contributed by atoms with Crippen molar-refractivity contribution in [2.45, 2.75) is 24.8 Å². The van der Waals surface area contributed by atoms with Crippen LogP contribution in [0.4, 0.5) is 0 Å². The quantitative estimate of drug-likeness (QED) is 0.694. The number of nitrogens with zero attached hydrogens (tertiary/aromatic N) is 2. The largest absolute Gasteiger partial charge is 0.326 e. The van der Waals surface area contributed by atoms with Crippen LogP contribution in [0.15, 0.2) is 27.8 Å². The van der Waals surface area contributed by atoms with Gasteiger partial charge >= 0.3 is 0 Å². The van der Waals surface area contributed by atoms with Crippen molar-refractivity contribution in [1.82, 2.24) is 19.9 Å². The molecule has 21 heavy (non-hydrogen) atoms. The van der Waals surface area contributed by atoms with Crippen molar-refractivity contribution in [3.63, 3.8) is 0 Å². The predicted octanol–water partition coefficient (Wildman–Crippen LogP) is 0.855. The van der Waals surface area contributed by atoms with Crippen molar-refractivity contribution in [3.05, 3.63) is 39.9 Å². The van der Waals surface area contributed by atoms with E-state index < -0.39 is 10.0 Å². The van der Waals surface area contributed by atoms with Gasteiger partial charge in [-0.15, -0.1) is 0 Å². The maximum absolute atomic E-state index is 12.4. The van der Waals surface area contributed by atoms with Gasteiger partial charge in [0, 0.05) is 24.0 Å². The van der Waals surface area contributed by atoms with Crippen LogP contribution in [0.3, 0.4) is 0 Å². The monoisotopic (exact) mass is 373 g/mol. The average molecular weight is 374 g/mol. The zero-order chi connectivity index (χ0) is 15.5. The number of nitrogens with one attached hydrogen (secondary N) is 2. The van der Waals surface area contributed by atoms with E-state index in [0.29, 0.717) is 17.8 Å². The summed E-state index contributed by atoms with van der Waals surface area (Å²) >= 11 is 3.36. The van der Waals surface area contributed by atoms with Gasteiger partial charge in [-0.2, -0.15) is 5.10 Å². The lowest BCUT2D eigenvalue weighted by molar-refractivity contribution is 0.580. The molecule has 1 aromatic heterocycles. The van der Waals surface area contributed by atoms with Crippen LogP contribution >= 0.6 is 15.9 Å². The molecule has 0 saturated heterocycles. The second-order valence-electron chi connectivity index (χ2n) is 4.48. The molecule has 2 aromatic rings. The topological polar surface area (TPSA) is 114 Å². The Kier molecular flexibility index (Phi) is 5.09. The lowest BCUT2D eigenvalue weighted by atomic mass is 10.1. The number of rotatable bonds is 6. The highest BCUT2D eigenvalue weighted by atomic mass is 79.9. The Morgan fingerprint density at radius 2 is 2.19 bits per heavy atom. The number of sulfonamides is 1. The van der Waals surface area contributed by atoms with E-state index in [9.17, 15) is 8.42 Å². The SMILES string of the molecule is Cc1c(Br)cc(CN)cc1S(=O)(=O)NCCc1ncn[nH]1. The summed E-state index contributed by atoms with van der Waals surface area (Å²) in [4.78, 5) is 4.17. The first-order valence-corrected chi connectivity index (χ1v) is 8.54. The second-order valence-corrected chi connectivity index (χ2v) is 7.07. The molecular formula is C12H16BrN5O2S. The molecule has 0 radical (unpaired) electrons. The summed E-state index contributed by atoms with van der Waals surface area (Å²) in [5.41, 5.74) is 6.99. The Labute approximate surface area is 131 Å². The fourth-order valence-electron chi connectivity index (χ4n) is 1.84. The molecule has 1 aromatic carbocycles. The minimum Gasteiger partial charge on any atom is -0.326 e. The van der Waals surface area contributed by atoms with Gasteiger partial charge in [0.1, 0.15) is 12.2 Å². The lowest BCUT2D eigenvalue weighted by Gasteiger charge is -2.12. The smallest absolute Gasteiger partial charge is 0.240 e. The van der Waals surface area contributed by atoms with E-state index in [1.54, 1.807) is 13.0 Å². The third-order valence-corrected chi connectivity index (χ3v) is 5.41. The third kappa shape index (κ3) is 3.88. The molecule has 9 heteroatoms. The number of aromatic amines is 1.